The van der Waals surface area contributed by atoms with E-state index in [4.69, 9.17) is 0 Å². The van der Waals surface area contributed by atoms with E-state index in [1.807, 2.05) is 0 Å². The van der Waals surface area contributed by atoms with Crippen molar-refractivity contribution in [2.45, 2.75) is 18.7 Å². The largest absolute Gasteiger partial charge is 0.168 e. The van der Waals surface area contributed by atoms with Crippen molar-refractivity contribution in [3.05, 3.63) is 29.3 Å². The van der Waals surface area contributed by atoms with Gasteiger partial charge in [-0.1, -0.05) is 6.07 Å². The van der Waals surface area contributed by atoms with Crippen LogP contribution in [0.25, 0.3) is 0 Å². The molecule has 0 N–H and O–H groups in total. The molecule has 0 aliphatic carbocycles. The highest BCUT2D eigenvalue weighted by atomic mass is 32.2. The van der Waals surface area contributed by atoms with E-state index >= 15 is 0 Å². The van der Waals surface area contributed by atoms with Gasteiger partial charge in [0.1, 0.15) is 0 Å². The number of hydrogen-bond donors (Lipinski definition) is 1. The van der Waals surface area contributed by atoms with Gasteiger partial charge in [0.15, 0.2) is 0 Å². The Morgan fingerprint density at radius 2 is 2.00 bits per heavy atom. The lowest BCUT2D eigenvalue weighted by Crippen LogP contribution is -1.80. The van der Waals surface area contributed by atoms with E-state index in [0.717, 1.165) is 5.08 Å². The standard InChI is InChI=1S/C9H12S2/c1-7-3-4-9(11-6-10)5-8(7)2/h3-5,10H,6H2,1-2H3. The lowest BCUT2D eigenvalue weighted by molar-refractivity contribution is 1.28. The van der Waals surface area contributed by atoms with E-state index in [1.165, 1.54) is 16.0 Å². The van der Waals surface area contributed by atoms with Crippen molar-refractivity contribution in [3.63, 3.8) is 0 Å². The molecule has 11 heavy (non-hydrogen) atoms. The second-order valence-electron chi connectivity index (χ2n) is 2.52. The Balaban J connectivity index is 2.86. The van der Waals surface area contributed by atoms with Crippen LogP contribution in [0.4, 0.5) is 0 Å². The number of hydrogen-bond acceptors (Lipinski definition) is 2. The van der Waals surface area contributed by atoms with Crippen LogP contribution in [0.15, 0.2) is 23.1 Å². The highest BCUT2D eigenvalue weighted by Gasteiger charge is 1.94. The molecule has 60 valence electrons. The Hall–Kier alpha value is -0.0800. The molecular formula is C9H12S2. The quantitative estimate of drug-likeness (QED) is 0.418. The Kier molecular flexibility index (Phi) is 3.34. The fourth-order valence-electron chi connectivity index (χ4n) is 0.878. The van der Waals surface area contributed by atoms with Gasteiger partial charge in [0.25, 0.3) is 0 Å². The van der Waals surface area contributed by atoms with Crippen molar-refractivity contribution in [3.8, 4) is 0 Å². The lowest BCUT2D eigenvalue weighted by Gasteiger charge is -2.02. The number of thioether (sulfide) groups is 1. The van der Waals surface area contributed by atoms with Crippen LogP contribution in [-0.2, 0) is 0 Å². The third kappa shape index (κ3) is 2.46. The number of benzene rings is 1. The van der Waals surface area contributed by atoms with E-state index in [9.17, 15) is 0 Å². The molecule has 0 fully saturated rings. The molecule has 0 unspecified atom stereocenters. The summed E-state index contributed by atoms with van der Waals surface area (Å²) in [5, 5.41) is 0.850. The first kappa shape index (κ1) is 9.01. The number of rotatable bonds is 2. The molecular weight excluding hydrogens is 172 g/mol. The zero-order valence-electron chi connectivity index (χ0n) is 6.79. The summed E-state index contributed by atoms with van der Waals surface area (Å²) in [4.78, 5) is 1.31. The van der Waals surface area contributed by atoms with Gasteiger partial charge >= 0.3 is 0 Å². The van der Waals surface area contributed by atoms with Crippen LogP contribution in [0.1, 0.15) is 11.1 Å². The Bertz CT molecular complexity index is 243. The Morgan fingerprint density at radius 3 is 2.55 bits per heavy atom. The fraction of sp³-hybridized carbons (Fsp3) is 0.333. The van der Waals surface area contributed by atoms with Gasteiger partial charge in [0, 0.05) is 9.98 Å². The van der Waals surface area contributed by atoms with Crippen molar-refractivity contribution in [2.75, 3.05) is 5.08 Å². The van der Waals surface area contributed by atoms with Crippen molar-refractivity contribution in [2.24, 2.45) is 0 Å². The molecule has 0 saturated carbocycles. The topological polar surface area (TPSA) is 0 Å². The molecule has 0 bridgehead atoms. The van der Waals surface area contributed by atoms with Crippen molar-refractivity contribution < 1.29 is 0 Å². The second-order valence-corrected chi connectivity index (χ2v) is 4.31. The molecule has 0 aromatic heterocycles. The Morgan fingerprint density at radius 1 is 1.27 bits per heavy atom. The minimum absolute atomic E-state index is 0.850. The predicted molar refractivity (Wildman–Crippen MR) is 55.6 cm³/mol. The third-order valence-corrected chi connectivity index (χ3v) is 2.81. The van der Waals surface area contributed by atoms with Crippen LogP contribution < -0.4 is 0 Å². The second kappa shape index (κ2) is 4.07. The SMILES string of the molecule is Cc1ccc(SCS)cc1C. The van der Waals surface area contributed by atoms with Gasteiger partial charge in [-0.2, -0.15) is 12.6 Å². The molecule has 0 atom stereocenters. The fourth-order valence-corrected chi connectivity index (χ4v) is 1.90. The van der Waals surface area contributed by atoms with E-state index in [2.05, 4.69) is 44.7 Å². The summed E-state index contributed by atoms with van der Waals surface area (Å²) in [6.07, 6.45) is 0. The first-order chi connectivity index (χ1) is 5.24. The molecule has 1 rings (SSSR count). The molecule has 0 radical (unpaired) electrons. The summed E-state index contributed by atoms with van der Waals surface area (Å²) in [5.41, 5.74) is 2.71. The maximum Gasteiger partial charge on any atom is 0.0409 e. The molecule has 0 nitrogen and oxygen atoms in total. The summed E-state index contributed by atoms with van der Waals surface area (Å²) in [6, 6.07) is 6.50. The van der Waals surface area contributed by atoms with Gasteiger partial charge in [-0.05, 0) is 37.1 Å². The molecule has 0 heterocycles. The van der Waals surface area contributed by atoms with Gasteiger partial charge in [-0.25, -0.2) is 0 Å². The maximum absolute atomic E-state index is 4.16. The molecule has 2 heteroatoms. The van der Waals surface area contributed by atoms with Crippen molar-refractivity contribution in [1.29, 1.82) is 0 Å². The molecule has 0 saturated heterocycles. The Labute approximate surface area is 77.8 Å². The van der Waals surface area contributed by atoms with E-state index in [-0.39, 0.29) is 0 Å². The van der Waals surface area contributed by atoms with Crippen LogP contribution in [0.2, 0.25) is 0 Å². The van der Waals surface area contributed by atoms with Crippen LogP contribution in [-0.4, -0.2) is 5.08 Å². The summed E-state index contributed by atoms with van der Waals surface area (Å²) in [5.74, 6) is 0. The maximum atomic E-state index is 4.16. The van der Waals surface area contributed by atoms with Gasteiger partial charge in [-0.15, -0.1) is 11.8 Å². The average molecular weight is 184 g/mol. The molecule has 1 aromatic carbocycles. The van der Waals surface area contributed by atoms with Crippen LogP contribution in [0.3, 0.4) is 0 Å². The zero-order chi connectivity index (χ0) is 8.27. The monoisotopic (exact) mass is 184 g/mol. The van der Waals surface area contributed by atoms with Crippen LogP contribution in [0, 0.1) is 13.8 Å². The van der Waals surface area contributed by atoms with Crippen molar-refractivity contribution >= 4 is 24.4 Å². The molecule has 0 aliphatic heterocycles. The summed E-state index contributed by atoms with van der Waals surface area (Å²) in [7, 11) is 0. The first-order valence-electron chi connectivity index (χ1n) is 3.55. The van der Waals surface area contributed by atoms with Crippen molar-refractivity contribution in [1.82, 2.24) is 0 Å². The summed E-state index contributed by atoms with van der Waals surface area (Å²) in [6.45, 7) is 4.27. The lowest BCUT2D eigenvalue weighted by atomic mass is 10.1. The highest BCUT2D eigenvalue weighted by molar-refractivity contribution is 8.09. The van der Waals surface area contributed by atoms with Gasteiger partial charge in [0.05, 0.1) is 0 Å². The minimum Gasteiger partial charge on any atom is -0.168 e. The van der Waals surface area contributed by atoms with Gasteiger partial charge in [0.2, 0.25) is 0 Å². The van der Waals surface area contributed by atoms with Gasteiger partial charge < -0.3 is 0 Å². The normalized spacial score (nSPS) is 10.1. The predicted octanol–water partition coefficient (Wildman–Crippen LogP) is 3.28. The minimum atomic E-state index is 0.850. The van der Waals surface area contributed by atoms with E-state index in [0.29, 0.717) is 0 Å². The summed E-state index contributed by atoms with van der Waals surface area (Å²) < 4.78 is 0. The average Bonchev–Trinajstić information content (AvgIpc) is 1.98. The molecule has 0 aliphatic rings. The zero-order valence-corrected chi connectivity index (χ0v) is 8.51. The van der Waals surface area contributed by atoms with Crippen LogP contribution >= 0.6 is 24.4 Å². The van der Waals surface area contributed by atoms with E-state index < -0.39 is 0 Å². The molecule has 0 spiro atoms. The van der Waals surface area contributed by atoms with E-state index in [1.54, 1.807) is 11.8 Å². The number of thiol groups is 1. The first-order valence-corrected chi connectivity index (χ1v) is 5.17. The smallest absolute Gasteiger partial charge is 0.0409 e. The molecule has 1 aromatic rings. The number of aryl methyl sites for hydroxylation is 2. The highest BCUT2D eigenvalue weighted by Crippen LogP contribution is 2.21. The molecule has 0 amide bonds. The third-order valence-electron chi connectivity index (χ3n) is 1.71. The van der Waals surface area contributed by atoms with Crippen LogP contribution in [0.5, 0.6) is 0 Å². The summed E-state index contributed by atoms with van der Waals surface area (Å²) >= 11 is 5.92. The van der Waals surface area contributed by atoms with Gasteiger partial charge in [-0.3, -0.25) is 0 Å².